The number of carbonyl (C=O) groups is 3. The van der Waals surface area contributed by atoms with Crippen LogP contribution in [-0.4, -0.2) is 38.9 Å². The fraction of sp³-hybridized carbons (Fsp3) is 0.0882. The van der Waals surface area contributed by atoms with Crippen LogP contribution in [0.1, 0.15) is 31.8 Å². The van der Waals surface area contributed by atoms with Crippen molar-refractivity contribution < 1.29 is 28.6 Å². The first-order valence-electron chi connectivity index (χ1n) is 13.0. The number of carbonyl (C=O) groups excluding carboxylic acids is 3. The van der Waals surface area contributed by atoms with E-state index in [0.29, 0.717) is 39.6 Å². The first-order chi connectivity index (χ1) is 20.4. The highest BCUT2D eigenvalue weighted by molar-refractivity contribution is 6.11. The summed E-state index contributed by atoms with van der Waals surface area (Å²) in [6.07, 6.45) is 4.73. The number of rotatable bonds is 11. The molecule has 0 bridgehead atoms. The van der Waals surface area contributed by atoms with E-state index in [2.05, 4.69) is 10.6 Å². The Morgan fingerprint density at radius 3 is 2.10 bits per heavy atom. The van der Waals surface area contributed by atoms with Gasteiger partial charge in [0.05, 0.1) is 21.3 Å². The van der Waals surface area contributed by atoms with E-state index in [1.165, 1.54) is 20.3 Å². The molecule has 0 fully saturated rings. The number of hydrogen-bond donors (Lipinski definition) is 2. The summed E-state index contributed by atoms with van der Waals surface area (Å²) >= 11 is 0. The zero-order chi connectivity index (χ0) is 29.9. The van der Waals surface area contributed by atoms with Gasteiger partial charge in [-0.25, -0.2) is 0 Å². The highest BCUT2D eigenvalue weighted by Gasteiger charge is 2.16. The summed E-state index contributed by atoms with van der Waals surface area (Å²) in [7, 11) is 4.63. The van der Waals surface area contributed by atoms with Gasteiger partial charge in [-0.15, -0.1) is 0 Å². The summed E-state index contributed by atoms with van der Waals surface area (Å²) < 4.78 is 15.9. The average Bonchev–Trinajstić information content (AvgIpc) is 3.04. The van der Waals surface area contributed by atoms with E-state index in [9.17, 15) is 14.4 Å². The van der Waals surface area contributed by atoms with E-state index < -0.39 is 11.8 Å². The molecule has 42 heavy (non-hydrogen) atoms. The third-order valence-electron chi connectivity index (χ3n) is 6.20. The van der Waals surface area contributed by atoms with Crippen molar-refractivity contribution in [3.05, 3.63) is 131 Å². The Bertz CT molecular complexity index is 1630. The quantitative estimate of drug-likeness (QED) is 0.171. The Labute approximate surface area is 244 Å². The number of methoxy groups -OCH3 is 3. The summed E-state index contributed by atoms with van der Waals surface area (Å²) in [5.74, 6) is 0.513. The van der Waals surface area contributed by atoms with Crippen LogP contribution in [0, 0.1) is 0 Å². The minimum Gasteiger partial charge on any atom is -0.497 e. The van der Waals surface area contributed by atoms with E-state index in [1.807, 2.05) is 24.3 Å². The van der Waals surface area contributed by atoms with Gasteiger partial charge in [0.15, 0.2) is 17.3 Å². The molecule has 2 amide bonds. The summed E-state index contributed by atoms with van der Waals surface area (Å²) in [5.41, 5.74) is 2.74. The van der Waals surface area contributed by atoms with Gasteiger partial charge in [0.25, 0.3) is 11.8 Å². The lowest BCUT2D eigenvalue weighted by Gasteiger charge is -2.13. The normalized spacial score (nSPS) is 11.1. The maximum atomic E-state index is 13.4. The smallest absolute Gasteiger partial charge is 0.272 e. The van der Waals surface area contributed by atoms with Crippen molar-refractivity contribution in [3.63, 3.8) is 0 Å². The first-order valence-corrected chi connectivity index (χ1v) is 13.0. The van der Waals surface area contributed by atoms with Gasteiger partial charge in [0.1, 0.15) is 11.4 Å². The zero-order valence-electron chi connectivity index (χ0n) is 23.4. The van der Waals surface area contributed by atoms with Crippen LogP contribution in [0.2, 0.25) is 0 Å². The molecule has 212 valence electrons. The number of hydrogen-bond acceptors (Lipinski definition) is 6. The van der Waals surface area contributed by atoms with Crippen LogP contribution in [0.5, 0.6) is 17.2 Å². The molecule has 0 radical (unpaired) electrons. The molecule has 0 aliphatic heterocycles. The van der Waals surface area contributed by atoms with Crippen molar-refractivity contribution >= 4 is 35.4 Å². The molecule has 8 nitrogen and oxygen atoms in total. The molecular weight excluding hydrogens is 532 g/mol. The highest BCUT2D eigenvalue weighted by Crippen LogP contribution is 2.28. The van der Waals surface area contributed by atoms with Crippen LogP contribution in [0.3, 0.4) is 0 Å². The number of allylic oxidation sites excluding steroid dienone is 1. The molecule has 0 heterocycles. The molecule has 4 aromatic carbocycles. The molecule has 0 spiro atoms. The van der Waals surface area contributed by atoms with E-state index in [1.54, 1.807) is 92.1 Å². The SMILES string of the molecule is COc1cccc(/C=C/C(=O)c2ccc(NC(=O)/C(=C/c3ccc(OC)c(OC)c3)NC(=O)c3ccccc3)cc2)c1. The molecule has 0 saturated heterocycles. The molecule has 0 aliphatic carbocycles. The highest BCUT2D eigenvalue weighted by atomic mass is 16.5. The van der Waals surface area contributed by atoms with Crippen LogP contribution in [0.25, 0.3) is 12.2 Å². The van der Waals surface area contributed by atoms with Crippen molar-refractivity contribution in [2.45, 2.75) is 0 Å². The number of nitrogens with one attached hydrogen (secondary N) is 2. The summed E-state index contributed by atoms with van der Waals surface area (Å²) in [6.45, 7) is 0. The van der Waals surface area contributed by atoms with Crippen molar-refractivity contribution in [1.82, 2.24) is 5.32 Å². The number of anilines is 1. The Hall–Kier alpha value is -5.63. The van der Waals surface area contributed by atoms with E-state index in [0.717, 1.165) is 5.56 Å². The largest absolute Gasteiger partial charge is 0.497 e. The van der Waals surface area contributed by atoms with Gasteiger partial charge in [-0.1, -0.05) is 42.5 Å². The maximum Gasteiger partial charge on any atom is 0.272 e. The molecule has 4 aromatic rings. The predicted molar refractivity (Wildman–Crippen MR) is 163 cm³/mol. The van der Waals surface area contributed by atoms with Crippen LogP contribution < -0.4 is 24.8 Å². The third kappa shape index (κ3) is 7.73. The lowest BCUT2D eigenvalue weighted by Crippen LogP contribution is -2.30. The van der Waals surface area contributed by atoms with Gasteiger partial charge >= 0.3 is 0 Å². The Morgan fingerprint density at radius 2 is 1.40 bits per heavy atom. The maximum absolute atomic E-state index is 13.4. The monoisotopic (exact) mass is 562 g/mol. The molecule has 0 aliphatic rings. The molecule has 0 atom stereocenters. The minimum absolute atomic E-state index is 0.0115. The second-order valence-corrected chi connectivity index (χ2v) is 9.00. The predicted octanol–water partition coefficient (Wildman–Crippen LogP) is 6.02. The second-order valence-electron chi connectivity index (χ2n) is 9.00. The molecule has 4 rings (SSSR count). The average molecular weight is 563 g/mol. The van der Waals surface area contributed by atoms with Gasteiger partial charge in [0, 0.05) is 16.8 Å². The van der Waals surface area contributed by atoms with Gasteiger partial charge in [0.2, 0.25) is 0 Å². The van der Waals surface area contributed by atoms with Gasteiger partial charge in [-0.05, 0) is 83.9 Å². The lowest BCUT2D eigenvalue weighted by atomic mass is 10.1. The number of benzene rings is 4. The molecular formula is C34H30N2O6. The van der Waals surface area contributed by atoms with E-state index in [-0.39, 0.29) is 11.5 Å². The van der Waals surface area contributed by atoms with Crippen molar-refractivity contribution in [2.24, 2.45) is 0 Å². The zero-order valence-corrected chi connectivity index (χ0v) is 23.4. The fourth-order valence-corrected chi connectivity index (χ4v) is 3.98. The summed E-state index contributed by atoms with van der Waals surface area (Å²) in [6, 6.07) is 27.6. The number of ketones is 1. The molecule has 2 N–H and O–H groups in total. The first kappa shape index (κ1) is 29.4. The van der Waals surface area contributed by atoms with Crippen molar-refractivity contribution in [1.29, 1.82) is 0 Å². The van der Waals surface area contributed by atoms with E-state index >= 15 is 0 Å². The van der Waals surface area contributed by atoms with Crippen molar-refractivity contribution in [2.75, 3.05) is 26.6 Å². The Balaban J connectivity index is 1.52. The van der Waals surface area contributed by atoms with E-state index in [4.69, 9.17) is 14.2 Å². The third-order valence-corrected chi connectivity index (χ3v) is 6.20. The fourth-order valence-electron chi connectivity index (χ4n) is 3.98. The topological polar surface area (TPSA) is 103 Å². The minimum atomic E-state index is -0.550. The van der Waals surface area contributed by atoms with Crippen LogP contribution >= 0.6 is 0 Å². The Kier molecular flexibility index (Phi) is 9.88. The lowest BCUT2D eigenvalue weighted by molar-refractivity contribution is -0.113. The van der Waals surface area contributed by atoms with Crippen LogP contribution in [-0.2, 0) is 4.79 Å². The molecule has 8 heteroatoms. The Morgan fingerprint density at radius 1 is 0.667 bits per heavy atom. The van der Waals surface area contributed by atoms with Crippen LogP contribution in [0.4, 0.5) is 5.69 Å². The van der Waals surface area contributed by atoms with Crippen LogP contribution in [0.15, 0.2) is 109 Å². The summed E-state index contributed by atoms with van der Waals surface area (Å²) in [4.78, 5) is 39.0. The summed E-state index contributed by atoms with van der Waals surface area (Å²) in [5, 5.41) is 5.49. The molecule has 0 unspecified atom stereocenters. The van der Waals surface area contributed by atoms with Gasteiger partial charge < -0.3 is 24.8 Å². The number of ether oxygens (including phenoxy) is 3. The second kappa shape index (κ2) is 14.1. The molecule has 0 saturated carbocycles. The molecule has 0 aromatic heterocycles. The van der Waals surface area contributed by atoms with Gasteiger partial charge in [-0.3, -0.25) is 14.4 Å². The number of amides is 2. The standard InChI is InChI=1S/C34H30N2O6/c1-40-28-11-7-8-23(20-28)12-18-30(37)25-14-16-27(17-15-25)35-34(39)29(36-33(38)26-9-5-4-6-10-26)21-24-13-19-31(41-2)32(22-24)42-3/h4-22H,1-3H3,(H,35,39)(H,36,38)/b18-12+,29-21-. The van der Waals surface area contributed by atoms with Crippen molar-refractivity contribution in [3.8, 4) is 17.2 Å². The van der Waals surface area contributed by atoms with Gasteiger partial charge in [-0.2, -0.15) is 0 Å².